The van der Waals surface area contributed by atoms with E-state index in [9.17, 15) is 9.59 Å². The molecule has 1 aliphatic heterocycles. The van der Waals surface area contributed by atoms with Gasteiger partial charge in [0.1, 0.15) is 6.04 Å². The van der Waals surface area contributed by atoms with E-state index >= 15 is 0 Å². The van der Waals surface area contributed by atoms with Crippen molar-refractivity contribution in [3.63, 3.8) is 0 Å². The van der Waals surface area contributed by atoms with E-state index in [1.807, 2.05) is 65.5 Å². The SMILES string of the molecule is CN(Cc1cn(-c2ccccc2)nc1-c1ccc(Cl)cc1)C(=O)C1CCCN1C(=O)c1ccco1. The molecule has 1 unspecified atom stereocenters. The number of carbonyl (C=O) groups is 2. The number of aromatic nitrogens is 2. The van der Waals surface area contributed by atoms with Crippen molar-refractivity contribution in [1.29, 1.82) is 0 Å². The van der Waals surface area contributed by atoms with E-state index in [1.54, 1.807) is 29.0 Å². The Hall–Kier alpha value is -3.84. The van der Waals surface area contributed by atoms with Gasteiger partial charge in [-0.25, -0.2) is 4.68 Å². The fourth-order valence-corrected chi connectivity index (χ4v) is 4.61. The van der Waals surface area contributed by atoms with Crippen molar-refractivity contribution in [2.45, 2.75) is 25.4 Å². The number of halogens is 1. The van der Waals surface area contributed by atoms with Crippen LogP contribution in [-0.2, 0) is 11.3 Å². The van der Waals surface area contributed by atoms with Crippen LogP contribution in [0.25, 0.3) is 16.9 Å². The van der Waals surface area contributed by atoms with Gasteiger partial charge in [0.05, 0.1) is 17.6 Å². The Balaban J connectivity index is 1.41. The molecule has 1 aliphatic rings. The largest absolute Gasteiger partial charge is 0.459 e. The molecule has 1 fully saturated rings. The minimum absolute atomic E-state index is 0.100. The average Bonchev–Trinajstić information content (AvgIpc) is 3.65. The van der Waals surface area contributed by atoms with Gasteiger partial charge in [0, 0.05) is 42.5 Å². The minimum atomic E-state index is -0.513. The third kappa shape index (κ3) is 4.72. The van der Waals surface area contributed by atoms with E-state index in [4.69, 9.17) is 21.1 Å². The number of rotatable bonds is 6. The summed E-state index contributed by atoms with van der Waals surface area (Å²) < 4.78 is 7.09. The number of para-hydroxylation sites is 1. The molecule has 2 amide bonds. The first kappa shape index (κ1) is 22.9. The third-order valence-corrected chi connectivity index (χ3v) is 6.49. The topological polar surface area (TPSA) is 71.6 Å². The predicted octanol–water partition coefficient (Wildman–Crippen LogP) is 5.05. The highest BCUT2D eigenvalue weighted by Gasteiger charge is 2.37. The number of likely N-dealkylation sites (N-methyl/N-ethyl adjacent to an activating group) is 1. The van der Waals surface area contributed by atoms with Gasteiger partial charge >= 0.3 is 0 Å². The van der Waals surface area contributed by atoms with Crippen LogP contribution in [0.3, 0.4) is 0 Å². The van der Waals surface area contributed by atoms with Crippen LogP contribution in [0.4, 0.5) is 0 Å². The monoisotopic (exact) mass is 488 g/mol. The maximum atomic E-state index is 13.5. The van der Waals surface area contributed by atoms with Crippen LogP contribution in [0.1, 0.15) is 29.0 Å². The number of hydrogen-bond donors (Lipinski definition) is 0. The van der Waals surface area contributed by atoms with Gasteiger partial charge in [-0.15, -0.1) is 0 Å². The van der Waals surface area contributed by atoms with Gasteiger partial charge < -0.3 is 14.2 Å². The lowest BCUT2D eigenvalue weighted by Gasteiger charge is -2.27. The third-order valence-electron chi connectivity index (χ3n) is 6.24. The first-order valence-electron chi connectivity index (χ1n) is 11.5. The summed E-state index contributed by atoms with van der Waals surface area (Å²) in [4.78, 5) is 29.6. The number of benzene rings is 2. The zero-order valence-corrected chi connectivity index (χ0v) is 20.1. The summed E-state index contributed by atoms with van der Waals surface area (Å²) >= 11 is 6.10. The van der Waals surface area contributed by atoms with Crippen molar-refractivity contribution in [3.8, 4) is 16.9 Å². The van der Waals surface area contributed by atoms with Gasteiger partial charge in [-0.2, -0.15) is 5.10 Å². The fourth-order valence-electron chi connectivity index (χ4n) is 4.49. The van der Waals surface area contributed by atoms with E-state index < -0.39 is 6.04 Å². The smallest absolute Gasteiger partial charge is 0.290 e. The molecule has 0 radical (unpaired) electrons. The van der Waals surface area contributed by atoms with Crippen LogP contribution in [-0.4, -0.2) is 51.0 Å². The van der Waals surface area contributed by atoms with Crippen molar-refractivity contribution in [1.82, 2.24) is 19.6 Å². The highest BCUT2D eigenvalue weighted by Crippen LogP contribution is 2.28. The molecule has 178 valence electrons. The van der Waals surface area contributed by atoms with Gasteiger partial charge in [-0.3, -0.25) is 9.59 Å². The Morgan fingerprint density at radius 1 is 1.09 bits per heavy atom. The molecular weight excluding hydrogens is 464 g/mol. The van der Waals surface area contributed by atoms with Crippen LogP contribution in [0.15, 0.2) is 83.6 Å². The van der Waals surface area contributed by atoms with E-state index in [0.29, 0.717) is 24.5 Å². The molecule has 2 aromatic carbocycles. The number of amides is 2. The number of carbonyl (C=O) groups excluding carboxylic acids is 2. The molecule has 7 nitrogen and oxygen atoms in total. The van der Waals surface area contributed by atoms with Gasteiger partial charge in [0.15, 0.2) is 5.76 Å². The molecule has 0 saturated carbocycles. The molecule has 4 aromatic rings. The summed E-state index contributed by atoms with van der Waals surface area (Å²) in [5.41, 5.74) is 3.51. The minimum Gasteiger partial charge on any atom is -0.459 e. The maximum Gasteiger partial charge on any atom is 0.290 e. The Morgan fingerprint density at radius 3 is 2.57 bits per heavy atom. The van der Waals surface area contributed by atoms with Crippen LogP contribution in [0.5, 0.6) is 0 Å². The van der Waals surface area contributed by atoms with Crippen LogP contribution in [0, 0.1) is 0 Å². The van der Waals surface area contributed by atoms with Crippen molar-refractivity contribution >= 4 is 23.4 Å². The highest BCUT2D eigenvalue weighted by atomic mass is 35.5. The number of nitrogens with zero attached hydrogens (tertiary/aromatic N) is 4. The molecule has 0 N–H and O–H groups in total. The average molecular weight is 489 g/mol. The molecule has 8 heteroatoms. The summed E-state index contributed by atoms with van der Waals surface area (Å²) in [7, 11) is 1.77. The van der Waals surface area contributed by atoms with E-state index in [2.05, 4.69) is 0 Å². The Kier molecular flexibility index (Phi) is 6.42. The highest BCUT2D eigenvalue weighted by molar-refractivity contribution is 6.30. The molecule has 1 saturated heterocycles. The maximum absolute atomic E-state index is 13.5. The molecule has 0 bridgehead atoms. The molecule has 0 aliphatic carbocycles. The van der Waals surface area contributed by atoms with Gasteiger partial charge in [0.25, 0.3) is 5.91 Å². The molecule has 5 rings (SSSR count). The van der Waals surface area contributed by atoms with Crippen LogP contribution < -0.4 is 0 Å². The quantitative estimate of drug-likeness (QED) is 0.381. The first-order chi connectivity index (χ1) is 17.0. The van der Waals surface area contributed by atoms with Crippen LogP contribution >= 0.6 is 11.6 Å². The Bertz CT molecular complexity index is 1320. The first-order valence-corrected chi connectivity index (χ1v) is 11.9. The van der Waals surface area contributed by atoms with Gasteiger partial charge in [-0.1, -0.05) is 41.9 Å². The van der Waals surface area contributed by atoms with Crippen molar-refractivity contribution in [2.24, 2.45) is 0 Å². The lowest BCUT2D eigenvalue weighted by molar-refractivity contribution is -0.134. The second kappa shape index (κ2) is 9.80. The van der Waals surface area contributed by atoms with Gasteiger partial charge in [-0.05, 0) is 49.2 Å². The Morgan fingerprint density at radius 2 is 1.86 bits per heavy atom. The standard InChI is InChI=1S/C27H25ClN4O3/c1-30(26(33)23-9-5-15-31(23)27(34)24-10-6-16-35-24)17-20-18-32(22-7-3-2-4-8-22)29-25(20)19-11-13-21(28)14-12-19/h2-4,6-8,10-14,16,18,23H,5,9,15,17H2,1H3. The summed E-state index contributed by atoms with van der Waals surface area (Å²) in [6.07, 6.45) is 4.82. The normalized spacial score (nSPS) is 15.4. The van der Waals surface area contributed by atoms with Crippen molar-refractivity contribution in [3.05, 3.63) is 95.5 Å². The van der Waals surface area contributed by atoms with E-state index in [0.717, 1.165) is 28.9 Å². The second-order valence-corrected chi connectivity index (χ2v) is 9.05. The summed E-state index contributed by atoms with van der Waals surface area (Å²) in [6, 6.07) is 20.1. The number of likely N-dealkylation sites (tertiary alicyclic amines) is 1. The van der Waals surface area contributed by atoms with Crippen molar-refractivity contribution in [2.75, 3.05) is 13.6 Å². The lowest BCUT2D eigenvalue weighted by Crippen LogP contribution is -2.46. The Labute approximate surface area is 208 Å². The second-order valence-electron chi connectivity index (χ2n) is 8.62. The molecule has 2 aromatic heterocycles. The zero-order valence-electron chi connectivity index (χ0n) is 19.3. The summed E-state index contributed by atoms with van der Waals surface area (Å²) in [6.45, 7) is 0.884. The molecule has 3 heterocycles. The predicted molar refractivity (Wildman–Crippen MR) is 133 cm³/mol. The zero-order chi connectivity index (χ0) is 24.4. The summed E-state index contributed by atoms with van der Waals surface area (Å²) in [5.74, 6) is -0.101. The molecule has 1 atom stereocenters. The van der Waals surface area contributed by atoms with E-state index in [1.165, 1.54) is 6.26 Å². The number of furan rings is 1. The molecule has 35 heavy (non-hydrogen) atoms. The number of hydrogen-bond acceptors (Lipinski definition) is 4. The van der Waals surface area contributed by atoms with Crippen molar-refractivity contribution < 1.29 is 14.0 Å². The van der Waals surface area contributed by atoms with Gasteiger partial charge in [0.2, 0.25) is 5.91 Å². The lowest BCUT2D eigenvalue weighted by atomic mass is 10.1. The van der Waals surface area contributed by atoms with E-state index in [-0.39, 0.29) is 17.6 Å². The molecular formula is C27H25ClN4O3. The fraction of sp³-hybridized carbons (Fsp3) is 0.222. The van der Waals surface area contributed by atoms with Crippen LogP contribution in [0.2, 0.25) is 5.02 Å². The summed E-state index contributed by atoms with van der Waals surface area (Å²) in [5, 5.41) is 5.47. The molecule has 0 spiro atoms.